The molecule has 11 nitrogen and oxygen atoms in total. The number of rotatable bonds is 7. The van der Waals surface area contributed by atoms with Crippen molar-refractivity contribution in [2.24, 2.45) is 0 Å². The lowest BCUT2D eigenvalue weighted by Gasteiger charge is -2.43. The van der Waals surface area contributed by atoms with E-state index >= 15 is 0 Å². The Bertz CT molecular complexity index is 1310. The van der Waals surface area contributed by atoms with E-state index in [4.69, 9.17) is 25.8 Å². The van der Waals surface area contributed by atoms with E-state index in [1.54, 1.807) is 0 Å². The summed E-state index contributed by atoms with van der Waals surface area (Å²) in [7, 11) is 1.37. The lowest BCUT2D eigenvalue weighted by Crippen LogP contribution is -2.57. The second-order valence-corrected chi connectivity index (χ2v) is 9.80. The molecule has 1 aromatic carbocycles. The van der Waals surface area contributed by atoms with Gasteiger partial charge in [-0.25, -0.2) is 26.9 Å². The third-order valence-electron chi connectivity index (χ3n) is 6.97. The van der Waals surface area contributed by atoms with Crippen LogP contribution in [0.3, 0.4) is 0 Å². The molecule has 2 N–H and O–H groups in total. The van der Waals surface area contributed by atoms with Crippen molar-refractivity contribution in [1.29, 1.82) is 0 Å². The maximum atomic E-state index is 14.5. The van der Waals surface area contributed by atoms with Gasteiger partial charge in [-0.2, -0.15) is 0 Å². The van der Waals surface area contributed by atoms with Crippen molar-refractivity contribution < 1.29 is 42.0 Å². The van der Waals surface area contributed by atoms with Gasteiger partial charge in [0.05, 0.1) is 29.6 Å². The van der Waals surface area contributed by atoms with Gasteiger partial charge in [0.15, 0.2) is 11.6 Å². The molecule has 212 valence electrons. The SMILES string of the molecule is CO[C@@H]1[C@@H](n2cc(-c3ccc(Cl)c(F)c3F)nn2)[C@@H](O)[C@@H](CO)O[C@@H]1Cc1cn(C2CCOCC2(F)F)nn1. The predicted octanol–water partition coefficient (Wildman–Crippen LogP) is 1.98. The summed E-state index contributed by atoms with van der Waals surface area (Å²) in [6.45, 7) is -1.12. The summed E-state index contributed by atoms with van der Waals surface area (Å²) in [5.74, 6) is -5.57. The molecule has 0 spiro atoms. The van der Waals surface area contributed by atoms with Gasteiger partial charge in [0, 0.05) is 31.9 Å². The quantitative estimate of drug-likeness (QED) is 0.320. The largest absolute Gasteiger partial charge is 0.394 e. The number of ether oxygens (including phenoxy) is 3. The number of methoxy groups -OCH3 is 1. The van der Waals surface area contributed by atoms with Crippen molar-refractivity contribution in [2.45, 2.75) is 55.3 Å². The summed E-state index contributed by atoms with van der Waals surface area (Å²) < 4.78 is 75.9. The molecular weight excluding hydrogens is 552 g/mol. The van der Waals surface area contributed by atoms with E-state index in [0.29, 0.717) is 5.69 Å². The summed E-state index contributed by atoms with van der Waals surface area (Å²) in [4.78, 5) is 0. The van der Waals surface area contributed by atoms with Gasteiger partial charge in [0.2, 0.25) is 0 Å². The second-order valence-electron chi connectivity index (χ2n) is 9.40. The lowest BCUT2D eigenvalue weighted by molar-refractivity contribution is -0.212. The standard InChI is InChI=1S/C23H25ClF4N6O5/c1-37-22-15(6-11-7-33(31-29-11)17-4-5-38-10-23(17,27)28)39-16(9-35)21(36)20(22)34-8-14(30-32-34)12-2-3-13(24)19(26)18(12)25/h2-3,7-8,15-17,20-22,35-36H,4-6,9-10H2,1H3/t15-,16-,17?,20+,21+,22+/m1/s1. The molecule has 4 heterocycles. The van der Waals surface area contributed by atoms with Gasteiger partial charge in [0.1, 0.15) is 42.7 Å². The molecule has 3 aromatic rings. The van der Waals surface area contributed by atoms with Crippen LogP contribution in [0.25, 0.3) is 11.3 Å². The molecule has 2 aliphatic rings. The van der Waals surface area contributed by atoms with Crippen LogP contribution in [0.1, 0.15) is 24.2 Å². The zero-order valence-corrected chi connectivity index (χ0v) is 21.3. The Morgan fingerprint density at radius 3 is 2.62 bits per heavy atom. The fourth-order valence-corrected chi connectivity index (χ4v) is 5.15. The van der Waals surface area contributed by atoms with E-state index in [2.05, 4.69) is 20.6 Å². The number of halogens is 5. The van der Waals surface area contributed by atoms with Crippen molar-refractivity contribution in [3.63, 3.8) is 0 Å². The number of nitrogens with zero attached hydrogens (tertiary/aromatic N) is 6. The van der Waals surface area contributed by atoms with Crippen LogP contribution in [-0.2, 0) is 20.6 Å². The highest BCUT2D eigenvalue weighted by Gasteiger charge is 2.48. The molecule has 2 fully saturated rings. The Morgan fingerprint density at radius 1 is 1.13 bits per heavy atom. The van der Waals surface area contributed by atoms with E-state index < -0.39 is 72.3 Å². The number of aliphatic hydroxyl groups excluding tert-OH is 2. The third-order valence-corrected chi connectivity index (χ3v) is 7.26. The molecule has 2 saturated heterocycles. The van der Waals surface area contributed by atoms with E-state index in [-0.39, 0.29) is 30.7 Å². The van der Waals surface area contributed by atoms with Crippen LogP contribution in [0.15, 0.2) is 24.5 Å². The Hall–Kier alpha value is -2.69. The van der Waals surface area contributed by atoms with Gasteiger partial charge in [0.25, 0.3) is 5.92 Å². The zero-order valence-electron chi connectivity index (χ0n) is 20.5. The maximum absolute atomic E-state index is 14.5. The zero-order chi connectivity index (χ0) is 27.9. The molecule has 0 aliphatic carbocycles. The van der Waals surface area contributed by atoms with Crippen LogP contribution in [0.5, 0.6) is 0 Å². The van der Waals surface area contributed by atoms with Gasteiger partial charge >= 0.3 is 0 Å². The molecule has 16 heteroatoms. The van der Waals surface area contributed by atoms with Crippen molar-refractivity contribution in [2.75, 3.05) is 26.9 Å². The first-order valence-electron chi connectivity index (χ1n) is 12.0. The fraction of sp³-hybridized carbons (Fsp3) is 0.565. The van der Waals surface area contributed by atoms with Gasteiger partial charge in [-0.15, -0.1) is 10.2 Å². The number of benzene rings is 1. The van der Waals surface area contributed by atoms with Gasteiger partial charge in [-0.3, -0.25) is 0 Å². The Morgan fingerprint density at radius 2 is 1.90 bits per heavy atom. The molecule has 6 atom stereocenters. The molecule has 1 unspecified atom stereocenters. The average Bonchev–Trinajstić information content (AvgIpc) is 3.57. The summed E-state index contributed by atoms with van der Waals surface area (Å²) in [6, 6.07) is 0.219. The number of aromatic nitrogens is 6. The number of alkyl halides is 2. The van der Waals surface area contributed by atoms with Crippen LogP contribution in [0.4, 0.5) is 17.6 Å². The van der Waals surface area contributed by atoms with E-state index in [9.17, 15) is 27.8 Å². The minimum atomic E-state index is -3.12. The molecule has 5 rings (SSSR count). The van der Waals surface area contributed by atoms with Crippen LogP contribution in [0.2, 0.25) is 5.02 Å². The highest BCUT2D eigenvalue weighted by Crippen LogP contribution is 2.37. The molecule has 0 radical (unpaired) electrons. The summed E-state index contributed by atoms with van der Waals surface area (Å²) >= 11 is 5.63. The van der Waals surface area contributed by atoms with Crippen molar-refractivity contribution in [3.8, 4) is 11.3 Å². The second kappa shape index (κ2) is 11.1. The highest BCUT2D eigenvalue weighted by atomic mass is 35.5. The molecule has 2 aliphatic heterocycles. The normalized spacial score (nSPS) is 29.0. The average molecular weight is 577 g/mol. The summed E-state index contributed by atoms with van der Waals surface area (Å²) in [6.07, 6.45) is -1.38. The highest BCUT2D eigenvalue weighted by molar-refractivity contribution is 6.30. The van der Waals surface area contributed by atoms with E-state index in [1.807, 2.05) is 0 Å². The molecule has 0 bridgehead atoms. The third kappa shape index (κ3) is 5.26. The molecule has 0 amide bonds. The van der Waals surface area contributed by atoms with Crippen LogP contribution >= 0.6 is 11.6 Å². The molecule has 39 heavy (non-hydrogen) atoms. The Balaban J connectivity index is 1.41. The lowest BCUT2D eigenvalue weighted by atomic mass is 9.90. The monoisotopic (exact) mass is 576 g/mol. The van der Waals surface area contributed by atoms with Gasteiger partial charge in [-0.05, 0) is 18.6 Å². The summed E-state index contributed by atoms with van der Waals surface area (Å²) in [5.41, 5.74) is 0.0821. The molecular formula is C23H25ClF4N6O5. The first kappa shape index (κ1) is 27.9. The number of aliphatic hydroxyl groups is 2. The van der Waals surface area contributed by atoms with Gasteiger partial charge in [-0.1, -0.05) is 22.0 Å². The first-order valence-corrected chi connectivity index (χ1v) is 12.4. The van der Waals surface area contributed by atoms with Crippen molar-refractivity contribution in [1.82, 2.24) is 30.0 Å². The summed E-state index contributed by atoms with van der Waals surface area (Å²) in [5, 5.41) is 36.2. The first-order chi connectivity index (χ1) is 18.6. The van der Waals surface area contributed by atoms with Crippen molar-refractivity contribution >= 4 is 11.6 Å². The number of hydrogen-bond donors (Lipinski definition) is 2. The van der Waals surface area contributed by atoms with Gasteiger partial charge < -0.3 is 24.4 Å². The van der Waals surface area contributed by atoms with Crippen LogP contribution in [-0.4, -0.2) is 97.5 Å². The van der Waals surface area contributed by atoms with Crippen molar-refractivity contribution in [3.05, 3.63) is 46.9 Å². The van der Waals surface area contributed by atoms with Crippen LogP contribution in [0, 0.1) is 11.6 Å². The van der Waals surface area contributed by atoms with Crippen LogP contribution < -0.4 is 0 Å². The molecule has 0 saturated carbocycles. The fourth-order valence-electron chi connectivity index (χ4n) is 5.00. The minimum absolute atomic E-state index is 0.0333. The maximum Gasteiger partial charge on any atom is 0.292 e. The Labute approximate surface area is 224 Å². The van der Waals surface area contributed by atoms with E-state index in [1.165, 1.54) is 36.3 Å². The van der Waals surface area contributed by atoms with E-state index in [0.717, 1.165) is 4.68 Å². The smallest absolute Gasteiger partial charge is 0.292 e. The minimum Gasteiger partial charge on any atom is -0.394 e. The number of hydrogen-bond acceptors (Lipinski definition) is 9. The predicted molar refractivity (Wildman–Crippen MR) is 125 cm³/mol. The topological polar surface area (TPSA) is 130 Å². The Kier molecular flexibility index (Phi) is 7.90. The molecule has 2 aromatic heterocycles.